The van der Waals surface area contributed by atoms with E-state index in [4.69, 9.17) is 10.00 Å². The van der Waals surface area contributed by atoms with Crippen LogP contribution in [0.5, 0.6) is 0 Å². The Morgan fingerprint density at radius 3 is 2.80 bits per heavy atom. The Hall–Kier alpha value is -1.86. The van der Waals surface area contributed by atoms with Gasteiger partial charge in [0.1, 0.15) is 5.82 Å². The summed E-state index contributed by atoms with van der Waals surface area (Å²) >= 11 is 0. The molecule has 106 valence electrons. The Bertz CT molecular complexity index is 610. The fourth-order valence-corrected chi connectivity index (χ4v) is 2.32. The van der Waals surface area contributed by atoms with Gasteiger partial charge in [0, 0.05) is 19.6 Å². The Kier molecular flexibility index (Phi) is 5.14. The number of fused-ring (bicyclic) bond motifs is 1. The minimum atomic E-state index is 0.660. The second-order valence-electron chi connectivity index (χ2n) is 4.86. The first kappa shape index (κ1) is 14.5. The number of nitriles is 1. The average molecular weight is 271 g/mol. The second kappa shape index (κ2) is 7.06. The molecular weight excluding hydrogens is 250 g/mol. The van der Waals surface area contributed by atoms with Gasteiger partial charge < -0.3 is 9.30 Å². The van der Waals surface area contributed by atoms with Crippen molar-refractivity contribution in [1.29, 1.82) is 5.26 Å². The average Bonchev–Trinajstić information content (AvgIpc) is 2.81. The fourth-order valence-electron chi connectivity index (χ4n) is 2.32. The molecule has 0 aliphatic heterocycles. The van der Waals surface area contributed by atoms with E-state index in [9.17, 15) is 0 Å². The van der Waals surface area contributed by atoms with Crippen LogP contribution in [0.25, 0.3) is 11.0 Å². The van der Waals surface area contributed by atoms with Crippen molar-refractivity contribution in [3.8, 4) is 6.07 Å². The third-order valence-electron chi connectivity index (χ3n) is 3.22. The van der Waals surface area contributed by atoms with Crippen LogP contribution in [0.2, 0.25) is 0 Å². The SMILES string of the molecule is CCCOCCc1nc2cc(C#N)ccc2n1CCC. The number of imidazole rings is 1. The molecule has 0 spiro atoms. The quantitative estimate of drug-likeness (QED) is 0.726. The Morgan fingerprint density at radius 1 is 1.25 bits per heavy atom. The van der Waals surface area contributed by atoms with Crippen molar-refractivity contribution in [1.82, 2.24) is 9.55 Å². The number of nitrogens with zero attached hydrogens (tertiary/aromatic N) is 3. The monoisotopic (exact) mass is 271 g/mol. The summed E-state index contributed by atoms with van der Waals surface area (Å²) in [5.41, 5.74) is 2.67. The van der Waals surface area contributed by atoms with Crippen molar-refractivity contribution < 1.29 is 4.74 Å². The minimum absolute atomic E-state index is 0.660. The van der Waals surface area contributed by atoms with Crippen molar-refractivity contribution in [3.63, 3.8) is 0 Å². The lowest BCUT2D eigenvalue weighted by Crippen LogP contribution is -2.07. The number of aromatic nitrogens is 2. The van der Waals surface area contributed by atoms with Gasteiger partial charge in [0.2, 0.25) is 0 Å². The molecule has 0 fully saturated rings. The van der Waals surface area contributed by atoms with Crippen LogP contribution >= 0.6 is 0 Å². The molecule has 1 heterocycles. The van der Waals surface area contributed by atoms with Gasteiger partial charge in [-0.3, -0.25) is 0 Å². The van der Waals surface area contributed by atoms with Gasteiger partial charge in [0.15, 0.2) is 0 Å². The van der Waals surface area contributed by atoms with Crippen molar-refractivity contribution in [3.05, 3.63) is 29.6 Å². The Morgan fingerprint density at radius 2 is 2.10 bits per heavy atom. The molecule has 0 saturated carbocycles. The highest BCUT2D eigenvalue weighted by Crippen LogP contribution is 2.19. The highest BCUT2D eigenvalue weighted by atomic mass is 16.5. The van der Waals surface area contributed by atoms with E-state index >= 15 is 0 Å². The van der Waals surface area contributed by atoms with E-state index in [1.807, 2.05) is 18.2 Å². The van der Waals surface area contributed by atoms with Crippen LogP contribution in [0, 0.1) is 11.3 Å². The van der Waals surface area contributed by atoms with Gasteiger partial charge in [-0.25, -0.2) is 4.98 Å². The molecule has 0 atom stereocenters. The standard InChI is InChI=1S/C16H21N3O/c1-3-8-19-15-6-5-13(12-17)11-14(15)18-16(19)7-10-20-9-4-2/h5-6,11H,3-4,7-10H2,1-2H3. The first-order chi connectivity index (χ1) is 9.80. The highest BCUT2D eigenvalue weighted by Gasteiger charge is 2.10. The molecule has 0 saturated heterocycles. The largest absolute Gasteiger partial charge is 0.381 e. The van der Waals surface area contributed by atoms with E-state index in [1.54, 1.807) is 0 Å². The van der Waals surface area contributed by atoms with E-state index in [-0.39, 0.29) is 0 Å². The van der Waals surface area contributed by atoms with Crippen molar-refractivity contribution >= 4 is 11.0 Å². The van der Waals surface area contributed by atoms with Crippen molar-refractivity contribution in [2.75, 3.05) is 13.2 Å². The Balaban J connectivity index is 2.27. The lowest BCUT2D eigenvalue weighted by atomic mass is 10.2. The summed E-state index contributed by atoms with van der Waals surface area (Å²) in [6, 6.07) is 7.87. The molecule has 0 amide bonds. The lowest BCUT2D eigenvalue weighted by Gasteiger charge is -2.08. The molecule has 0 unspecified atom stereocenters. The van der Waals surface area contributed by atoms with Crippen molar-refractivity contribution in [2.45, 2.75) is 39.7 Å². The first-order valence-corrected chi connectivity index (χ1v) is 7.27. The van der Waals surface area contributed by atoms with Crippen LogP contribution in [-0.2, 0) is 17.7 Å². The molecule has 1 aromatic carbocycles. The first-order valence-electron chi connectivity index (χ1n) is 7.27. The van der Waals surface area contributed by atoms with Crippen LogP contribution < -0.4 is 0 Å². The van der Waals surface area contributed by atoms with Crippen LogP contribution in [0.1, 0.15) is 38.1 Å². The third kappa shape index (κ3) is 3.17. The predicted molar refractivity (Wildman–Crippen MR) is 79.6 cm³/mol. The molecular formula is C16H21N3O. The molecule has 4 nitrogen and oxygen atoms in total. The van der Waals surface area contributed by atoms with Crippen LogP contribution in [0.15, 0.2) is 18.2 Å². The molecule has 1 aromatic heterocycles. The summed E-state index contributed by atoms with van der Waals surface area (Å²) in [7, 11) is 0. The smallest absolute Gasteiger partial charge is 0.112 e. The summed E-state index contributed by atoms with van der Waals surface area (Å²) in [5, 5.41) is 8.97. The van der Waals surface area contributed by atoms with Gasteiger partial charge in [-0.05, 0) is 31.0 Å². The molecule has 0 radical (unpaired) electrons. The zero-order valence-corrected chi connectivity index (χ0v) is 12.2. The summed E-state index contributed by atoms with van der Waals surface area (Å²) in [6.07, 6.45) is 2.92. The molecule has 4 heteroatoms. The molecule has 0 N–H and O–H groups in total. The number of benzene rings is 1. The molecule has 0 aliphatic rings. The number of hydrogen-bond acceptors (Lipinski definition) is 3. The van der Waals surface area contributed by atoms with E-state index in [0.717, 1.165) is 49.3 Å². The number of ether oxygens (including phenoxy) is 1. The zero-order valence-electron chi connectivity index (χ0n) is 12.2. The van der Waals surface area contributed by atoms with Gasteiger partial charge in [-0.1, -0.05) is 13.8 Å². The topological polar surface area (TPSA) is 50.8 Å². The fraction of sp³-hybridized carbons (Fsp3) is 0.500. The lowest BCUT2D eigenvalue weighted by molar-refractivity contribution is 0.136. The molecule has 0 aliphatic carbocycles. The highest BCUT2D eigenvalue weighted by molar-refractivity contribution is 5.77. The van der Waals surface area contributed by atoms with E-state index in [0.29, 0.717) is 12.2 Å². The maximum absolute atomic E-state index is 8.97. The van der Waals surface area contributed by atoms with E-state index < -0.39 is 0 Å². The van der Waals surface area contributed by atoms with Gasteiger partial charge in [-0.15, -0.1) is 0 Å². The maximum Gasteiger partial charge on any atom is 0.112 e. The number of rotatable bonds is 7. The predicted octanol–water partition coefficient (Wildman–Crippen LogP) is 3.29. The van der Waals surface area contributed by atoms with Crippen LogP contribution in [-0.4, -0.2) is 22.8 Å². The van der Waals surface area contributed by atoms with Gasteiger partial charge in [-0.2, -0.15) is 5.26 Å². The molecule has 0 bridgehead atoms. The van der Waals surface area contributed by atoms with Crippen molar-refractivity contribution in [2.24, 2.45) is 0 Å². The number of aryl methyl sites for hydroxylation is 1. The van der Waals surface area contributed by atoms with E-state index in [2.05, 4.69) is 29.5 Å². The van der Waals surface area contributed by atoms with Gasteiger partial charge in [0.05, 0.1) is 29.3 Å². The normalized spacial score (nSPS) is 10.8. The van der Waals surface area contributed by atoms with E-state index in [1.165, 1.54) is 0 Å². The number of hydrogen-bond donors (Lipinski definition) is 0. The van der Waals surface area contributed by atoms with Crippen LogP contribution in [0.4, 0.5) is 0 Å². The van der Waals surface area contributed by atoms with Crippen LogP contribution in [0.3, 0.4) is 0 Å². The maximum atomic E-state index is 8.97. The molecule has 2 rings (SSSR count). The third-order valence-corrected chi connectivity index (χ3v) is 3.22. The summed E-state index contributed by atoms with van der Waals surface area (Å²) in [4.78, 5) is 4.67. The summed E-state index contributed by atoms with van der Waals surface area (Å²) in [6.45, 7) is 6.71. The zero-order chi connectivity index (χ0) is 14.4. The summed E-state index contributed by atoms with van der Waals surface area (Å²) < 4.78 is 7.80. The Labute approximate surface area is 120 Å². The second-order valence-corrected chi connectivity index (χ2v) is 4.86. The van der Waals surface area contributed by atoms with Gasteiger partial charge in [0.25, 0.3) is 0 Å². The minimum Gasteiger partial charge on any atom is -0.381 e. The van der Waals surface area contributed by atoms with Gasteiger partial charge >= 0.3 is 0 Å². The molecule has 20 heavy (non-hydrogen) atoms. The summed E-state index contributed by atoms with van der Waals surface area (Å²) in [5.74, 6) is 1.05. The molecule has 2 aromatic rings.